The largest absolute Gasteiger partial charge is 0.497 e. The highest BCUT2D eigenvalue weighted by Gasteiger charge is 2.14. The molecular weight excluding hydrogens is 396 g/mol. The van der Waals surface area contributed by atoms with Gasteiger partial charge in [-0.1, -0.05) is 18.2 Å². The average Bonchev–Trinajstić information content (AvgIpc) is 3.27. The summed E-state index contributed by atoms with van der Waals surface area (Å²) in [5, 5.41) is 7.87. The second kappa shape index (κ2) is 8.83. The number of carbonyl (C=O) groups excluding carboxylic acids is 1. The number of hydrogen-bond acceptors (Lipinski definition) is 6. The van der Waals surface area contributed by atoms with Crippen LogP contribution in [0.2, 0.25) is 0 Å². The van der Waals surface area contributed by atoms with Crippen LogP contribution in [0.5, 0.6) is 5.75 Å². The highest BCUT2D eigenvalue weighted by Crippen LogP contribution is 2.24. The normalized spacial score (nSPS) is 10.9. The SMILES string of the molecule is COc1ccc2c(C)c(CCC(=O)Nc3ccccc3Cn3cncn3)c(=O)oc2c1. The standard InChI is InChI=1S/C23H22N4O4/c1-15-18-8-7-17(30-2)11-21(18)31-23(29)19(15)9-10-22(28)26-20-6-4-3-5-16(20)12-27-14-24-13-25-27/h3-8,11,13-14H,9-10,12H2,1-2H3,(H,26,28). The number of hydrogen-bond donors (Lipinski definition) is 1. The molecule has 2 heterocycles. The molecule has 2 aromatic heterocycles. The van der Waals surface area contributed by atoms with E-state index in [4.69, 9.17) is 9.15 Å². The van der Waals surface area contributed by atoms with Crippen molar-refractivity contribution in [3.05, 3.63) is 82.2 Å². The summed E-state index contributed by atoms with van der Waals surface area (Å²) in [4.78, 5) is 29.1. The van der Waals surface area contributed by atoms with Crippen LogP contribution in [-0.4, -0.2) is 27.8 Å². The molecule has 0 saturated heterocycles. The minimum absolute atomic E-state index is 0.158. The van der Waals surface area contributed by atoms with E-state index in [0.29, 0.717) is 29.1 Å². The van der Waals surface area contributed by atoms with Crippen molar-refractivity contribution >= 4 is 22.6 Å². The van der Waals surface area contributed by atoms with E-state index >= 15 is 0 Å². The van der Waals surface area contributed by atoms with Crippen molar-refractivity contribution in [2.45, 2.75) is 26.3 Å². The zero-order chi connectivity index (χ0) is 21.8. The molecule has 0 atom stereocenters. The maximum Gasteiger partial charge on any atom is 0.339 e. The predicted molar refractivity (Wildman–Crippen MR) is 116 cm³/mol. The molecule has 4 aromatic rings. The molecule has 2 aromatic carbocycles. The summed E-state index contributed by atoms with van der Waals surface area (Å²) in [7, 11) is 1.56. The highest BCUT2D eigenvalue weighted by molar-refractivity contribution is 5.91. The zero-order valence-corrected chi connectivity index (χ0v) is 17.3. The highest BCUT2D eigenvalue weighted by atomic mass is 16.5. The minimum atomic E-state index is -0.433. The van der Waals surface area contributed by atoms with Crippen molar-refractivity contribution in [1.29, 1.82) is 0 Å². The molecule has 0 unspecified atom stereocenters. The molecule has 0 bridgehead atoms. The van der Waals surface area contributed by atoms with Crippen LogP contribution in [0.15, 0.2) is 64.3 Å². The van der Waals surface area contributed by atoms with Gasteiger partial charge in [0.15, 0.2) is 0 Å². The predicted octanol–water partition coefficient (Wildman–Crippen LogP) is 3.32. The smallest absolute Gasteiger partial charge is 0.339 e. The van der Waals surface area contributed by atoms with Gasteiger partial charge < -0.3 is 14.5 Å². The van der Waals surface area contributed by atoms with Gasteiger partial charge in [-0.3, -0.25) is 4.79 Å². The van der Waals surface area contributed by atoms with E-state index in [1.165, 1.54) is 6.33 Å². The zero-order valence-electron chi connectivity index (χ0n) is 17.3. The van der Waals surface area contributed by atoms with Crippen molar-refractivity contribution in [3.8, 4) is 5.75 Å². The molecule has 4 rings (SSSR count). The van der Waals surface area contributed by atoms with Gasteiger partial charge >= 0.3 is 5.63 Å². The summed E-state index contributed by atoms with van der Waals surface area (Å²) in [5.74, 6) is 0.436. The molecular formula is C23H22N4O4. The summed E-state index contributed by atoms with van der Waals surface area (Å²) in [6.45, 7) is 2.36. The summed E-state index contributed by atoms with van der Waals surface area (Å²) < 4.78 is 12.3. The van der Waals surface area contributed by atoms with Crippen LogP contribution < -0.4 is 15.7 Å². The number of methoxy groups -OCH3 is 1. The number of rotatable bonds is 7. The van der Waals surface area contributed by atoms with E-state index in [1.807, 2.05) is 43.3 Å². The molecule has 1 N–H and O–H groups in total. The number of aromatic nitrogens is 3. The number of benzene rings is 2. The van der Waals surface area contributed by atoms with Crippen LogP contribution in [0.25, 0.3) is 11.0 Å². The number of carbonyl (C=O) groups is 1. The van der Waals surface area contributed by atoms with Gasteiger partial charge in [0.25, 0.3) is 0 Å². The Bertz CT molecular complexity index is 1280. The number of ether oxygens (including phenoxy) is 1. The molecule has 0 spiro atoms. The topological polar surface area (TPSA) is 99.2 Å². The first-order chi connectivity index (χ1) is 15.0. The van der Waals surface area contributed by atoms with Crippen molar-refractivity contribution in [2.24, 2.45) is 0 Å². The number of nitrogens with zero attached hydrogens (tertiary/aromatic N) is 3. The molecule has 0 fully saturated rings. The summed E-state index contributed by atoms with van der Waals surface area (Å²) in [6.07, 6.45) is 3.53. The van der Waals surface area contributed by atoms with Crippen LogP contribution in [0, 0.1) is 6.92 Å². The molecule has 31 heavy (non-hydrogen) atoms. The summed E-state index contributed by atoms with van der Waals surface area (Å²) >= 11 is 0. The maximum atomic E-state index is 12.6. The van der Waals surface area contributed by atoms with Gasteiger partial charge in [-0.15, -0.1) is 0 Å². The Morgan fingerprint density at radius 1 is 1.23 bits per heavy atom. The number of amides is 1. The van der Waals surface area contributed by atoms with Gasteiger partial charge in [-0.05, 0) is 42.7 Å². The van der Waals surface area contributed by atoms with Crippen LogP contribution in [0.1, 0.15) is 23.1 Å². The monoisotopic (exact) mass is 418 g/mol. The van der Waals surface area contributed by atoms with Crippen LogP contribution >= 0.6 is 0 Å². The second-order valence-electron chi connectivity index (χ2n) is 7.15. The fourth-order valence-corrected chi connectivity index (χ4v) is 3.51. The summed E-state index contributed by atoms with van der Waals surface area (Å²) in [6, 6.07) is 12.9. The average molecular weight is 418 g/mol. The van der Waals surface area contributed by atoms with E-state index in [0.717, 1.165) is 16.5 Å². The van der Waals surface area contributed by atoms with Crippen LogP contribution in [-0.2, 0) is 17.8 Å². The number of nitrogens with one attached hydrogen (secondary N) is 1. The second-order valence-corrected chi connectivity index (χ2v) is 7.15. The van der Waals surface area contributed by atoms with Crippen molar-refractivity contribution in [3.63, 3.8) is 0 Å². The molecule has 0 aliphatic carbocycles. The van der Waals surface area contributed by atoms with Gasteiger partial charge in [0, 0.05) is 29.1 Å². The number of anilines is 1. The van der Waals surface area contributed by atoms with E-state index in [-0.39, 0.29) is 18.7 Å². The third-order valence-electron chi connectivity index (χ3n) is 5.19. The van der Waals surface area contributed by atoms with E-state index in [9.17, 15) is 9.59 Å². The van der Waals surface area contributed by atoms with Gasteiger partial charge in [0.2, 0.25) is 5.91 Å². The Morgan fingerprint density at radius 2 is 2.06 bits per heavy atom. The first-order valence-electron chi connectivity index (χ1n) is 9.85. The summed E-state index contributed by atoms with van der Waals surface area (Å²) in [5.41, 5.74) is 2.97. The molecule has 0 aliphatic rings. The minimum Gasteiger partial charge on any atom is -0.497 e. The Balaban J connectivity index is 1.48. The lowest BCUT2D eigenvalue weighted by Gasteiger charge is -2.12. The van der Waals surface area contributed by atoms with Gasteiger partial charge in [-0.25, -0.2) is 14.5 Å². The first-order valence-corrected chi connectivity index (χ1v) is 9.85. The molecule has 158 valence electrons. The van der Waals surface area contributed by atoms with Gasteiger partial charge in [0.05, 0.1) is 13.7 Å². The lowest BCUT2D eigenvalue weighted by molar-refractivity contribution is -0.116. The fourth-order valence-electron chi connectivity index (χ4n) is 3.51. The molecule has 8 heteroatoms. The fraction of sp³-hybridized carbons (Fsp3) is 0.217. The van der Waals surface area contributed by atoms with Crippen molar-refractivity contribution < 1.29 is 13.9 Å². The molecule has 0 saturated carbocycles. The number of aryl methyl sites for hydroxylation is 1. The van der Waals surface area contributed by atoms with E-state index in [1.54, 1.807) is 24.2 Å². The third-order valence-corrected chi connectivity index (χ3v) is 5.19. The molecule has 0 aliphatic heterocycles. The molecule has 1 amide bonds. The van der Waals surface area contributed by atoms with Crippen LogP contribution in [0.4, 0.5) is 5.69 Å². The number of fused-ring (bicyclic) bond motifs is 1. The van der Waals surface area contributed by atoms with Crippen molar-refractivity contribution in [1.82, 2.24) is 14.8 Å². The Morgan fingerprint density at radius 3 is 2.84 bits per heavy atom. The van der Waals surface area contributed by atoms with E-state index in [2.05, 4.69) is 15.4 Å². The molecule has 8 nitrogen and oxygen atoms in total. The van der Waals surface area contributed by atoms with E-state index < -0.39 is 5.63 Å². The van der Waals surface area contributed by atoms with Crippen molar-refractivity contribution in [2.75, 3.05) is 12.4 Å². The molecule has 0 radical (unpaired) electrons. The van der Waals surface area contributed by atoms with Gasteiger partial charge in [0.1, 0.15) is 24.0 Å². The Hall–Kier alpha value is -3.94. The maximum absolute atomic E-state index is 12.6. The number of para-hydroxylation sites is 1. The first kappa shape index (κ1) is 20.3. The Kier molecular flexibility index (Phi) is 5.79. The van der Waals surface area contributed by atoms with Crippen LogP contribution in [0.3, 0.4) is 0 Å². The quantitative estimate of drug-likeness (QED) is 0.462. The Labute approximate surface area is 178 Å². The lowest BCUT2D eigenvalue weighted by atomic mass is 10.0. The lowest BCUT2D eigenvalue weighted by Crippen LogP contribution is -2.17. The van der Waals surface area contributed by atoms with Gasteiger partial charge in [-0.2, -0.15) is 5.10 Å². The third kappa shape index (κ3) is 4.48.